The number of urea groups is 1. The lowest BCUT2D eigenvalue weighted by Gasteiger charge is -2.50. The Morgan fingerprint density at radius 3 is 2.67 bits per heavy atom. The van der Waals surface area contributed by atoms with E-state index in [1.54, 1.807) is 4.90 Å². The molecule has 0 aromatic heterocycles. The molecule has 21 heavy (non-hydrogen) atoms. The lowest BCUT2D eigenvalue weighted by Crippen LogP contribution is -2.57. The van der Waals surface area contributed by atoms with Crippen LogP contribution < -0.4 is 0 Å². The van der Waals surface area contributed by atoms with Crippen LogP contribution in [0.1, 0.15) is 31.0 Å². The Morgan fingerprint density at radius 2 is 1.95 bits per heavy atom. The minimum atomic E-state index is 0.122. The summed E-state index contributed by atoms with van der Waals surface area (Å²) in [6, 6.07) is 9.19. The largest absolute Gasteiger partial charge is 0.331 e. The number of amides is 2. The van der Waals surface area contributed by atoms with Crippen LogP contribution in [0.5, 0.6) is 0 Å². The van der Waals surface area contributed by atoms with Crippen molar-refractivity contribution in [3.05, 3.63) is 35.4 Å². The Labute approximate surface area is 127 Å². The van der Waals surface area contributed by atoms with Crippen molar-refractivity contribution in [2.75, 3.05) is 40.3 Å². The second kappa shape index (κ2) is 5.02. The molecule has 0 spiro atoms. The van der Waals surface area contributed by atoms with Gasteiger partial charge in [0, 0.05) is 45.7 Å². The highest BCUT2D eigenvalue weighted by Gasteiger charge is 2.41. The van der Waals surface area contributed by atoms with Gasteiger partial charge in [0.15, 0.2) is 0 Å². The Hall–Kier alpha value is -1.55. The van der Waals surface area contributed by atoms with E-state index >= 15 is 0 Å². The highest BCUT2D eigenvalue weighted by atomic mass is 16.2. The van der Waals surface area contributed by atoms with Crippen molar-refractivity contribution < 1.29 is 4.79 Å². The van der Waals surface area contributed by atoms with Crippen LogP contribution in [0, 0.1) is 0 Å². The smallest absolute Gasteiger partial charge is 0.319 e. The summed E-state index contributed by atoms with van der Waals surface area (Å²) >= 11 is 0. The number of benzene rings is 1. The summed E-state index contributed by atoms with van der Waals surface area (Å²) in [6.45, 7) is 8.29. The molecule has 2 heterocycles. The van der Waals surface area contributed by atoms with Gasteiger partial charge in [-0.05, 0) is 11.1 Å². The normalized spacial score (nSPS) is 24.2. The minimum absolute atomic E-state index is 0.122. The molecule has 2 aliphatic rings. The maximum absolute atomic E-state index is 12.2. The first-order valence-electron chi connectivity index (χ1n) is 7.70. The van der Waals surface area contributed by atoms with Gasteiger partial charge in [-0.15, -0.1) is 0 Å². The predicted molar refractivity (Wildman–Crippen MR) is 84.4 cm³/mol. The minimum Gasteiger partial charge on any atom is -0.331 e. The van der Waals surface area contributed by atoms with Gasteiger partial charge in [-0.3, -0.25) is 4.90 Å². The van der Waals surface area contributed by atoms with Gasteiger partial charge in [0.2, 0.25) is 0 Å². The van der Waals surface area contributed by atoms with Crippen LogP contribution in [0.3, 0.4) is 0 Å². The van der Waals surface area contributed by atoms with Crippen LogP contribution in [0.2, 0.25) is 0 Å². The molecule has 1 unspecified atom stereocenters. The number of fused-ring (bicyclic) bond motifs is 3. The van der Waals surface area contributed by atoms with Crippen LogP contribution in [-0.4, -0.2) is 61.0 Å². The van der Waals surface area contributed by atoms with E-state index in [9.17, 15) is 4.79 Å². The Morgan fingerprint density at radius 1 is 1.24 bits per heavy atom. The first-order valence-corrected chi connectivity index (χ1v) is 7.70. The van der Waals surface area contributed by atoms with E-state index in [2.05, 4.69) is 43.0 Å². The number of carbonyl (C=O) groups is 1. The van der Waals surface area contributed by atoms with Crippen molar-refractivity contribution >= 4 is 6.03 Å². The molecule has 3 rings (SSSR count). The fraction of sp³-hybridized carbons (Fsp3) is 0.588. The second-order valence-corrected chi connectivity index (χ2v) is 7.08. The molecular formula is C17H25N3O. The molecular weight excluding hydrogens is 262 g/mol. The van der Waals surface area contributed by atoms with Crippen molar-refractivity contribution in [1.29, 1.82) is 0 Å². The maximum atomic E-state index is 12.2. The molecule has 2 aliphatic heterocycles. The molecule has 1 aromatic rings. The predicted octanol–water partition coefficient (Wildman–Crippen LogP) is 2.32. The fourth-order valence-corrected chi connectivity index (χ4v) is 3.76. The van der Waals surface area contributed by atoms with Gasteiger partial charge >= 0.3 is 6.03 Å². The zero-order valence-electron chi connectivity index (χ0n) is 13.5. The van der Waals surface area contributed by atoms with Gasteiger partial charge in [-0.25, -0.2) is 4.79 Å². The zero-order chi connectivity index (χ0) is 15.2. The van der Waals surface area contributed by atoms with Crippen molar-refractivity contribution in [2.24, 2.45) is 0 Å². The SMILES string of the molecule is CN(C)C(=O)N1CCN2CC(C)(C)c3ccccc3C2C1. The molecule has 0 radical (unpaired) electrons. The third-order valence-electron chi connectivity index (χ3n) is 4.79. The highest BCUT2D eigenvalue weighted by Crippen LogP contribution is 2.40. The van der Waals surface area contributed by atoms with Crippen LogP contribution >= 0.6 is 0 Å². The van der Waals surface area contributed by atoms with Gasteiger partial charge in [-0.2, -0.15) is 0 Å². The summed E-state index contributed by atoms with van der Waals surface area (Å²) in [5.41, 5.74) is 3.01. The van der Waals surface area contributed by atoms with Crippen LogP contribution in [-0.2, 0) is 5.41 Å². The molecule has 0 aliphatic carbocycles. The van der Waals surface area contributed by atoms with Gasteiger partial charge in [0.05, 0.1) is 6.04 Å². The summed E-state index contributed by atoms with van der Waals surface area (Å²) in [7, 11) is 3.65. The van der Waals surface area contributed by atoms with Gasteiger partial charge < -0.3 is 9.80 Å². The number of nitrogens with zero attached hydrogens (tertiary/aromatic N) is 3. The molecule has 4 heteroatoms. The lowest BCUT2D eigenvalue weighted by atomic mass is 9.75. The van der Waals surface area contributed by atoms with Crippen molar-refractivity contribution in [3.63, 3.8) is 0 Å². The fourth-order valence-electron chi connectivity index (χ4n) is 3.76. The van der Waals surface area contributed by atoms with Gasteiger partial charge in [0.25, 0.3) is 0 Å². The summed E-state index contributed by atoms with van der Waals surface area (Å²) in [6.07, 6.45) is 0. The number of carbonyl (C=O) groups excluding carboxylic acids is 1. The number of hydrogen-bond acceptors (Lipinski definition) is 2. The highest BCUT2D eigenvalue weighted by molar-refractivity contribution is 5.74. The molecule has 0 bridgehead atoms. The molecule has 114 valence electrons. The van der Waals surface area contributed by atoms with E-state index in [4.69, 9.17) is 0 Å². The average Bonchev–Trinajstić information content (AvgIpc) is 2.46. The van der Waals surface area contributed by atoms with Crippen molar-refractivity contribution in [2.45, 2.75) is 25.3 Å². The van der Waals surface area contributed by atoms with E-state index in [1.165, 1.54) is 11.1 Å². The third-order valence-corrected chi connectivity index (χ3v) is 4.79. The van der Waals surface area contributed by atoms with E-state index in [0.717, 1.165) is 26.2 Å². The molecule has 1 aromatic carbocycles. The maximum Gasteiger partial charge on any atom is 0.319 e. The summed E-state index contributed by atoms with van der Waals surface area (Å²) in [5, 5.41) is 0. The number of piperazine rings is 1. The molecule has 0 N–H and O–H groups in total. The lowest BCUT2D eigenvalue weighted by molar-refractivity contribution is 0.0548. The van der Waals surface area contributed by atoms with E-state index in [-0.39, 0.29) is 11.4 Å². The van der Waals surface area contributed by atoms with Crippen LogP contribution in [0.4, 0.5) is 4.79 Å². The van der Waals surface area contributed by atoms with Crippen LogP contribution in [0.15, 0.2) is 24.3 Å². The molecule has 0 saturated carbocycles. The Kier molecular flexibility index (Phi) is 3.44. The van der Waals surface area contributed by atoms with Crippen molar-refractivity contribution in [1.82, 2.24) is 14.7 Å². The molecule has 1 atom stereocenters. The third kappa shape index (κ3) is 2.42. The molecule has 1 saturated heterocycles. The molecule has 4 nitrogen and oxygen atoms in total. The van der Waals surface area contributed by atoms with E-state index < -0.39 is 0 Å². The average molecular weight is 287 g/mol. The second-order valence-electron chi connectivity index (χ2n) is 7.08. The van der Waals surface area contributed by atoms with Gasteiger partial charge in [-0.1, -0.05) is 38.1 Å². The number of rotatable bonds is 0. The Balaban J connectivity index is 1.92. The quantitative estimate of drug-likeness (QED) is 0.732. The molecule has 1 fully saturated rings. The standard InChI is InChI=1S/C17H25N3O/c1-17(2)12-20-10-9-19(16(21)18(3)4)11-15(20)13-7-5-6-8-14(13)17/h5-8,15H,9-12H2,1-4H3. The summed E-state index contributed by atoms with van der Waals surface area (Å²) in [5.74, 6) is 0. The first-order chi connectivity index (χ1) is 9.90. The zero-order valence-corrected chi connectivity index (χ0v) is 13.5. The monoisotopic (exact) mass is 287 g/mol. The van der Waals surface area contributed by atoms with E-state index in [0.29, 0.717) is 6.04 Å². The van der Waals surface area contributed by atoms with E-state index in [1.807, 2.05) is 19.0 Å². The van der Waals surface area contributed by atoms with Crippen molar-refractivity contribution in [3.8, 4) is 0 Å². The van der Waals surface area contributed by atoms with Crippen LogP contribution in [0.25, 0.3) is 0 Å². The first kappa shape index (κ1) is 14.4. The molecule has 2 amide bonds. The summed E-state index contributed by atoms with van der Waals surface area (Å²) in [4.78, 5) is 18.4. The summed E-state index contributed by atoms with van der Waals surface area (Å²) < 4.78 is 0. The number of hydrogen-bond donors (Lipinski definition) is 0. The van der Waals surface area contributed by atoms with Gasteiger partial charge in [0.1, 0.15) is 0 Å². The Bertz CT molecular complexity index is 553. The topological polar surface area (TPSA) is 26.8 Å².